The van der Waals surface area contributed by atoms with Gasteiger partial charge >= 0.3 is 0 Å². The maximum absolute atomic E-state index is 12.3. The van der Waals surface area contributed by atoms with Gasteiger partial charge in [0, 0.05) is 30.2 Å². The molecular weight excluding hydrogens is 250 g/mol. The SMILES string of the molecule is CN(C(=O)[C@H](N)Cc1c[nH]c2ccccc12)C1CCC1. The number of H-pyrrole nitrogens is 1. The summed E-state index contributed by atoms with van der Waals surface area (Å²) in [5, 5.41) is 1.15. The molecule has 1 saturated carbocycles. The van der Waals surface area contributed by atoms with Crippen molar-refractivity contribution in [3.8, 4) is 0 Å². The zero-order valence-corrected chi connectivity index (χ0v) is 11.8. The molecule has 1 aliphatic carbocycles. The molecule has 1 amide bonds. The number of fused-ring (bicyclic) bond motifs is 1. The van der Waals surface area contributed by atoms with Gasteiger partial charge in [0.15, 0.2) is 0 Å². The lowest BCUT2D eigenvalue weighted by atomic mass is 9.91. The number of hydrogen-bond donors (Lipinski definition) is 2. The first-order chi connectivity index (χ1) is 9.66. The van der Waals surface area contributed by atoms with Gasteiger partial charge in [-0.3, -0.25) is 4.79 Å². The lowest BCUT2D eigenvalue weighted by Gasteiger charge is -2.36. The van der Waals surface area contributed by atoms with Gasteiger partial charge in [0.2, 0.25) is 5.91 Å². The Hall–Kier alpha value is -1.81. The highest BCUT2D eigenvalue weighted by Crippen LogP contribution is 2.24. The summed E-state index contributed by atoms with van der Waals surface area (Å²) in [6.07, 6.45) is 5.99. The standard InChI is InChI=1S/C16H21N3O/c1-19(12-5-4-6-12)16(20)14(17)9-11-10-18-15-8-3-2-7-13(11)15/h2-3,7-8,10,12,14,18H,4-6,9,17H2,1H3/t14-/m1/s1. The Morgan fingerprint density at radius 3 is 2.90 bits per heavy atom. The molecule has 0 bridgehead atoms. The van der Waals surface area contributed by atoms with Crippen LogP contribution in [0.3, 0.4) is 0 Å². The molecule has 3 N–H and O–H groups in total. The van der Waals surface area contributed by atoms with E-state index in [9.17, 15) is 4.79 Å². The van der Waals surface area contributed by atoms with E-state index in [4.69, 9.17) is 5.73 Å². The van der Waals surface area contributed by atoms with Gasteiger partial charge in [0.1, 0.15) is 0 Å². The number of amides is 1. The van der Waals surface area contributed by atoms with E-state index in [1.165, 1.54) is 6.42 Å². The molecule has 3 rings (SSSR count). The largest absolute Gasteiger partial charge is 0.361 e. The van der Waals surface area contributed by atoms with Crippen LogP contribution in [-0.2, 0) is 11.2 Å². The average Bonchev–Trinajstić information content (AvgIpc) is 2.79. The van der Waals surface area contributed by atoms with Crippen molar-refractivity contribution < 1.29 is 4.79 Å². The van der Waals surface area contributed by atoms with Crippen LogP contribution in [0.4, 0.5) is 0 Å². The van der Waals surface area contributed by atoms with Gasteiger partial charge in [-0.1, -0.05) is 18.2 Å². The molecule has 1 heterocycles. The van der Waals surface area contributed by atoms with Gasteiger partial charge in [-0.15, -0.1) is 0 Å². The molecule has 20 heavy (non-hydrogen) atoms. The van der Waals surface area contributed by atoms with E-state index in [2.05, 4.69) is 11.1 Å². The monoisotopic (exact) mass is 271 g/mol. The number of hydrogen-bond acceptors (Lipinski definition) is 2. The molecule has 1 aliphatic rings. The minimum Gasteiger partial charge on any atom is -0.361 e. The Bertz CT molecular complexity index is 615. The summed E-state index contributed by atoms with van der Waals surface area (Å²) in [4.78, 5) is 17.4. The van der Waals surface area contributed by atoms with Gasteiger partial charge in [-0.2, -0.15) is 0 Å². The van der Waals surface area contributed by atoms with Gasteiger partial charge in [0.05, 0.1) is 6.04 Å². The van der Waals surface area contributed by atoms with Crippen LogP contribution in [0.2, 0.25) is 0 Å². The Balaban J connectivity index is 1.71. The second-order valence-corrected chi connectivity index (χ2v) is 5.70. The molecule has 0 aliphatic heterocycles. The van der Waals surface area contributed by atoms with Crippen molar-refractivity contribution in [2.75, 3.05) is 7.05 Å². The number of aromatic nitrogens is 1. The lowest BCUT2D eigenvalue weighted by Crippen LogP contribution is -2.49. The van der Waals surface area contributed by atoms with Crippen molar-refractivity contribution in [1.29, 1.82) is 0 Å². The second kappa shape index (κ2) is 5.29. The van der Waals surface area contributed by atoms with E-state index in [1.807, 2.05) is 36.3 Å². The summed E-state index contributed by atoms with van der Waals surface area (Å²) in [6, 6.07) is 8.04. The van der Waals surface area contributed by atoms with Crippen molar-refractivity contribution in [3.05, 3.63) is 36.0 Å². The third kappa shape index (κ3) is 2.31. The molecule has 1 fully saturated rings. The van der Waals surface area contributed by atoms with E-state index < -0.39 is 6.04 Å². The van der Waals surface area contributed by atoms with Crippen LogP contribution in [0, 0.1) is 0 Å². The number of likely N-dealkylation sites (N-methyl/N-ethyl adjacent to an activating group) is 1. The van der Waals surface area contributed by atoms with Crippen LogP contribution < -0.4 is 5.73 Å². The minimum absolute atomic E-state index is 0.0555. The number of nitrogens with two attached hydrogens (primary N) is 1. The fourth-order valence-electron chi connectivity index (χ4n) is 2.84. The summed E-state index contributed by atoms with van der Waals surface area (Å²) in [5.74, 6) is 0.0555. The lowest BCUT2D eigenvalue weighted by molar-refractivity contribution is -0.134. The molecule has 2 aromatic rings. The maximum atomic E-state index is 12.3. The molecule has 1 aromatic carbocycles. The fraction of sp³-hybridized carbons (Fsp3) is 0.438. The molecule has 0 spiro atoms. The molecule has 0 unspecified atom stereocenters. The van der Waals surface area contributed by atoms with Gasteiger partial charge in [-0.25, -0.2) is 0 Å². The van der Waals surface area contributed by atoms with Crippen LogP contribution in [0.15, 0.2) is 30.5 Å². The normalized spacial score (nSPS) is 16.9. The average molecular weight is 271 g/mol. The molecule has 0 saturated heterocycles. The van der Waals surface area contributed by atoms with Crippen LogP contribution in [0.1, 0.15) is 24.8 Å². The Labute approximate surface area is 118 Å². The number of benzene rings is 1. The summed E-state index contributed by atoms with van der Waals surface area (Å²) in [6.45, 7) is 0. The van der Waals surface area contributed by atoms with Crippen LogP contribution >= 0.6 is 0 Å². The highest BCUT2D eigenvalue weighted by molar-refractivity contribution is 5.86. The third-order valence-corrected chi connectivity index (χ3v) is 4.40. The van der Waals surface area contributed by atoms with Crippen molar-refractivity contribution in [1.82, 2.24) is 9.88 Å². The number of carbonyl (C=O) groups is 1. The number of rotatable bonds is 4. The number of carbonyl (C=O) groups excluding carboxylic acids is 1. The number of nitrogens with one attached hydrogen (secondary N) is 1. The highest BCUT2D eigenvalue weighted by Gasteiger charge is 2.28. The minimum atomic E-state index is -0.459. The predicted molar refractivity (Wildman–Crippen MR) is 80.4 cm³/mol. The molecule has 1 atom stereocenters. The van der Waals surface area contributed by atoms with Crippen LogP contribution in [0.5, 0.6) is 0 Å². The first-order valence-corrected chi connectivity index (χ1v) is 7.24. The fourth-order valence-corrected chi connectivity index (χ4v) is 2.84. The Morgan fingerprint density at radius 2 is 2.20 bits per heavy atom. The zero-order valence-electron chi connectivity index (χ0n) is 11.8. The van der Waals surface area contributed by atoms with E-state index in [0.29, 0.717) is 12.5 Å². The smallest absolute Gasteiger partial charge is 0.239 e. The second-order valence-electron chi connectivity index (χ2n) is 5.70. The van der Waals surface area contributed by atoms with Crippen molar-refractivity contribution in [3.63, 3.8) is 0 Å². The number of aromatic amines is 1. The summed E-state index contributed by atoms with van der Waals surface area (Å²) in [7, 11) is 1.88. The summed E-state index contributed by atoms with van der Waals surface area (Å²) < 4.78 is 0. The molecular formula is C16H21N3O. The third-order valence-electron chi connectivity index (χ3n) is 4.40. The molecule has 106 valence electrons. The first kappa shape index (κ1) is 13.2. The Morgan fingerprint density at radius 1 is 1.45 bits per heavy atom. The molecule has 4 nitrogen and oxygen atoms in total. The van der Waals surface area contributed by atoms with E-state index in [1.54, 1.807) is 0 Å². The molecule has 1 aromatic heterocycles. The van der Waals surface area contributed by atoms with Crippen LogP contribution in [0.25, 0.3) is 10.9 Å². The van der Waals surface area contributed by atoms with E-state index in [0.717, 1.165) is 29.3 Å². The summed E-state index contributed by atoms with van der Waals surface area (Å²) in [5.41, 5.74) is 8.32. The topological polar surface area (TPSA) is 62.1 Å². The number of para-hydroxylation sites is 1. The van der Waals surface area contributed by atoms with Crippen LogP contribution in [-0.4, -0.2) is 34.9 Å². The first-order valence-electron chi connectivity index (χ1n) is 7.24. The van der Waals surface area contributed by atoms with E-state index in [-0.39, 0.29) is 5.91 Å². The molecule has 0 radical (unpaired) electrons. The zero-order chi connectivity index (χ0) is 14.1. The highest BCUT2D eigenvalue weighted by atomic mass is 16.2. The van der Waals surface area contributed by atoms with Gasteiger partial charge < -0.3 is 15.6 Å². The van der Waals surface area contributed by atoms with Crippen molar-refractivity contribution >= 4 is 16.8 Å². The Kier molecular flexibility index (Phi) is 3.49. The molecule has 4 heteroatoms. The van der Waals surface area contributed by atoms with E-state index >= 15 is 0 Å². The number of nitrogens with zero attached hydrogens (tertiary/aromatic N) is 1. The predicted octanol–water partition coefficient (Wildman–Crippen LogP) is 2.05. The summed E-state index contributed by atoms with van der Waals surface area (Å²) >= 11 is 0. The van der Waals surface area contributed by atoms with Gasteiger partial charge in [0.25, 0.3) is 0 Å². The van der Waals surface area contributed by atoms with Crippen molar-refractivity contribution in [2.24, 2.45) is 5.73 Å². The maximum Gasteiger partial charge on any atom is 0.239 e. The van der Waals surface area contributed by atoms with Crippen molar-refractivity contribution in [2.45, 2.75) is 37.8 Å². The quantitative estimate of drug-likeness (QED) is 0.894. The van der Waals surface area contributed by atoms with Gasteiger partial charge in [-0.05, 0) is 37.3 Å².